The zero-order valence-corrected chi connectivity index (χ0v) is 13.1. The van der Waals surface area contributed by atoms with Crippen molar-refractivity contribution >= 4 is 11.5 Å². The molecule has 0 radical (unpaired) electrons. The van der Waals surface area contributed by atoms with Crippen molar-refractivity contribution in [2.24, 2.45) is 0 Å². The maximum atomic E-state index is 12.0. The van der Waals surface area contributed by atoms with Crippen molar-refractivity contribution in [1.82, 2.24) is 9.55 Å². The fourth-order valence-corrected chi connectivity index (χ4v) is 2.29. The molecule has 0 spiro atoms. The second kappa shape index (κ2) is 6.06. The number of aliphatic hydroxyl groups excluding tert-OH is 3. The summed E-state index contributed by atoms with van der Waals surface area (Å²) in [5, 5.41) is 40.0. The number of aliphatic hydroxyl groups is 3. The van der Waals surface area contributed by atoms with E-state index in [2.05, 4.69) is 4.98 Å². The van der Waals surface area contributed by atoms with Crippen LogP contribution in [0.1, 0.15) is 27.0 Å². The molecule has 1 fully saturated rings. The molecule has 23 heavy (non-hydrogen) atoms. The molecule has 1 aliphatic rings. The molecule has 1 aromatic rings. The van der Waals surface area contributed by atoms with Gasteiger partial charge < -0.3 is 25.8 Å². The van der Waals surface area contributed by atoms with Crippen molar-refractivity contribution < 1.29 is 25.3 Å². The van der Waals surface area contributed by atoms with Gasteiger partial charge in [0.25, 0.3) is 0 Å². The van der Waals surface area contributed by atoms with E-state index in [9.17, 15) is 20.2 Å². The van der Waals surface area contributed by atoms with E-state index in [4.69, 9.17) is 15.6 Å². The number of nitrogens with zero attached hydrogens (tertiary/aromatic N) is 3. The summed E-state index contributed by atoms with van der Waals surface area (Å²) in [6.07, 6.45) is -3.89. The zero-order valence-electron chi connectivity index (χ0n) is 13.1. The molecule has 10 nitrogen and oxygen atoms in total. The fourth-order valence-electron chi connectivity index (χ4n) is 2.29. The Morgan fingerprint density at radius 3 is 2.48 bits per heavy atom. The van der Waals surface area contributed by atoms with Crippen LogP contribution in [0, 0.1) is 0 Å². The van der Waals surface area contributed by atoms with Crippen LogP contribution < -0.4 is 16.5 Å². The van der Waals surface area contributed by atoms with Gasteiger partial charge >= 0.3 is 5.69 Å². The minimum Gasteiger partial charge on any atom is -0.394 e. The van der Waals surface area contributed by atoms with Gasteiger partial charge in [0.15, 0.2) is 12.0 Å². The van der Waals surface area contributed by atoms with E-state index in [1.807, 2.05) is 0 Å². The lowest BCUT2D eigenvalue weighted by Gasteiger charge is -2.32. The van der Waals surface area contributed by atoms with Crippen LogP contribution in [-0.2, 0) is 4.74 Å². The van der Waals surface area contributed by atoms with Crippen molar-refractivity contribution in [3.8, 4) is 0 Å². The van der Waals surface area contributed by atoms with Crippen LogP contribution in [0.5, 0.6) is 0 Å². The van der Waals surface area contributed by atoms with E-state index in [0.717, 1.165) is 9.63 Å². The molecule has 4 atom stereocenters. The highest BCUT2D eigenvalue weighted by Crippen LogP contribution is 2.31. The van der Waals surface area contributed by atoms with E-state index < -0.39 is 42.4 Å². The highest BCUT2D eigenvalue weighted by atomic mass is 16.6. The molecule has 2 rings (SSSR count). The molecule has 1 aromatic heterocycles. The van der Waals surface area contributed by atoms with Crippen molar-refractivity contribution in [2.45, 2.75) is 50.8 Å². The summed E-state index contributed by atoms with van der Waals surface area (Å²) in [4.78, 5) is 15.6. The highest BCUT2D eigenvalue weighted by molar-refractivity contribution is 5.61. The summed E-state index contributed by atoms with van der Waals surface area (Å²) in [5.74, 6) is -0.185. The Morgan fingerprint density at radius 2 is 2.00 bits per heavy atom. The number of hydroxylamine groups is 1. The van der Waals surface area contributed by atoms with E-state index in [-0.39, 0.29) is 11.5 Å². The van der Waals surface area contributed by atoms with Crippen LogP contribution in [0.15, 0.2) is 11.0 Å². The minimum absolute atomic E-state index is 0.0508. The summed E-state index contributed by atoms with van der Waals surface area (Å²) in [6, 6.07) is 0. The number of hydrogen-bond donors (Lipinski definition) is 5. The number of rotatable bonds is 3. The summed E-state index contributed by atoms with van der Waals surface area (Å²) in [7, 11) is 0. The summed E-state index contributed by atoms with van der Waals surface area (Å²) in [5.41, 5.74) is 4.20. The zero-order chi connectivity index (χ0) is 17.5. The van der Waals surface area contributed by atoms with Crippen LogP contribution in [-0.4, -0.2) is 60.5 Å². The van der Waals surface area contributed by atoms with E-state index in [1.54, 1.807) is 20.8 Å². The molecule has 0 aliphatic carbocycles. The molecule has 6 N–H and O–H groups in total. The average Bonchev–Trinajstić information content (AvgIpc) is 2.73. The Labute approximate surface area is 132 Å². The Balaban J connectivity index is 2.46. The maximum absolute atomic E-state index is 12.0. The SMILES string of the molecule is CC(C)(C)N(O)c1cn([C@@H]2O[C@H](CO)[C@@H](O)[C@H]2O)c(=O)nc1N. The molecule has 0 bridgehead atoms. The van der Waals surface area contributed by atoms with Gasteiger partial charge in [-0.15, -0.1) is 0 Å². The lowest BCUT2D eigenvalue weighted by atomic mass is 10.1. The molecule has 2 heterocycles. The fraction of sp³-hybridized carbons (Fsp3) is 0.692. The van der Waals surface area contributed by atoms with Crippen LogP contribution in [0.2, 0.25) is 0 Å². The van der Waals surface area contributed by atoms with E-state index >= 15 is 0 Å². The van der Waals surface area contributed by atoms with Gasteiger partial charge in [0.2, 0.25) is 0 Å². The van der Waals surface area contributed by atoms with E-state index in [0.29, 0.717) is 0 Å². The second-order valence-corrected chi connectivity index (χ2v) is 6.41. The number of aromatic nitrogens is 2. The van der Waals surface area contributed by atoms with Gasteiger partial charge in [-0.2, -0.15) is 4.98 Å². The number of hydrogen-bond acceptors (Lipinski definition) is 9. The third-order valence-corrected chi connectivity index (χ3v) is 3.62. The summed E-state index contributed by atoms with van der Waals surface area (Å²) < 4.78 is 6.22. The van der Waals surface area contributed by atoms with Gasteiger partial charge in [0.1, 0.15) is 24.0 Å². The van der Waals surface area contributed by atoms with Crippen molar-refractivity contribution in [1.29, 1.82) is 0 Å². The van der Waals surface area contributed by atoms with Crippen LogP contribution in [0.3, 0.4) is 0 Å². The lowest BCUT2D eigenvalue weighted by Crippen LogP contribution is -2.41. The average molecular weight is 330 g/mol. The third-order valence-electron chi connectivity index (χ3n) is 3.62. The molecule has 0 unspecified atom stereocenters. The number of nitrogen functional groups attached to an aromatic ring is 1. The molecular formula is C13H22N4O6. The van der Waals surface area contributed by atoms with Gasteiger partial charge in [-0.05, 0) is 20.8 Å². The molecule has 130 valence electrons. The first-order chi connectivity index (χ1) is 10.6. The first-order valence-corrected chi connectivity index (χ1v) is 7.08. The predicted octanol–water partition coefficient (Wildman–Crippen LogP) is -1.57. The smallest absolute Gasteiger partial charge is 0.351 e. The number of ether oxygens (including phenoxy) is 1. The van der Waals surface area contributed by atoms with Crippen molar-refractivity contribution in [2.75, 3.05) is 17.4 Å². The summed E-state index contributed by atoms with van der Waals surface area (Å²) in [6.45, 7) is 4.63. The van der Waals surface area contributed by atoms with Crippen LogP contribution in [0.25, 0.3) is 0 Å². The Kier molecular flexibility index (Phi) is 4.64. The molecular weight excluding hydrogens is 308 g/mol. The molecule has 1 saturated heterocycles. The topological polar surface area (TPSA) is 154 Å². The van der Waals surface area contributed by atoms with Gasteiger partial charge in [-0.3, -0.25) is 9.77 Å². The van der Waals surface area contributed by atoms with Gasteiger partial charge in [0.05, 0.1) is 12.1 Å². The molecule has 0 aromatic carbocycles. The Morgan fingerprint density at radius 1 is 1.39 bits per heavy atom. The first-order valence-electron chi connectivity index (χ1n) is 7.08. The molecule has 1 aliphatic heterocycles. The third kappa shape index (κ3) is 3.16. The normalized spacial score (nSPS) is 28.1. The first kappa shape index (κ1) is 17.6. The maximum Gasteiger partial charge on any atom is 0.351 e. The molecule has 0 amide bonds. The quantitative estimate of drug-likeness (QED) is 0.413. The van der Waals surface area contributed by atoms with Crippen molar-refractivity contribution in [3.63, 3.8) is 0 Å². The van der Waals surface area contributed by atoms with Gasteiger partial charge in [-0.1, -0.05) is 0 Å². The largest absolute Gasteiger partial charge is 0.394 e. The van der Waals surface area contributed by atoms with Gasteiger partial charge in [0, 0.05) is 6.20 Å². The van der Waals surface area contributed by atoms with Crippen molar-refractivity contribution in [3.05, 3.63) is 16.7 Å². The van der Waals surface area contributed by atoms with E-state index in [1.165, 1.54) is 6.20 Å². The molecule has 10 heteroatoms. The Bertz CT molecular complexity index is 628. The Hall–Kier alpha value is -1.72. The second-order valence-electron chi connectivity index (χ2n) is 6.41. The highest BCUT2D eigenvalue weighted by Gasteiger charge is 2.44. The van der Waals surface area contributed by atoms with Gasteiger partial charge in [-0.25, -0.2) is 9.86 Å². The number of nitrogens with two attached hydrogens (primary N) is 1. The minimum atomic E-state index is -1.44. The number of anilines is 2. The molecule has 0 saturated carbocycles. The van der Waals surface area contributed by atoms with Crippen LogP contribution in [0.4, 0.5) is 11.5 Å². The van der Waals surface area contributed by atoms with Crippen LogP contribution >= 0.6 is 0 Å². The standard InChI is InChI=1S/C13H22N4O6/c1-13(2,3)17(22)6-4-16(12(21)15-10(6)14)11-9(20)8(19)7(5-18)23-11/h4,7-9,11,18-20,22H,5H2,1-3H3,(H2,14,15,21)/t7-,8-,9-,11-/m1/s1. The summed E-state index contributed by atoms with van der Waals surface area (Å²) >= 11 is 0. The lowest BCUT2D eigenvalue weighted by molar-refractivity contribution is -0.0549. The monoisotopic (exact) mass is 330 g/mol. The predicted molar refractivity (Wildman–Crippen MR) is 79.9 cm³/mol.